The average Bonchev–Trinajstić information content (AvgIpc) is 2.28. The molecule has 0 saturated heterocycles. The average molecular weight is 293 g/mol. The highest BCUT2D eigenvalue weighted by Crippen LogP contribution is 2.40. The Kier molecular flexibility index (Phi) is 5.20. The van der Waals surface area contributed by atoms with Crippen LogP contribution >= 0.6 is 22.8 Å². The molecule has 0 heterocycles. The van der Waals surface area contributed by atoms with Gasteiger partial charge in [-0.3, -0.25) is 0 Å². The van der Waals surface area contributed by atoms with Gasteiger partial charge in [-0.05, 0) is 25.0 Å². The van der Waals surface area contributed by atoms with E-state index in [2.05, 4.69) is 15.5 Å². The van der Waals surface area contributed by atoms with E-state index in [0.717, 1.165) is 6.16 Å². The summed E-state index contributed by atoms with van der Waals surface area (Å²) in [5.74, 6) is 2.05. The molecule has 0 fully saturated rings. The summed E-state index contributed by atoms with van der Waals surface area (Å²) in [6, 6.07) is 3.94. The third-order valence-corrected chi connectivity index (χ3v) is 3.38. The molecule has 0 saturated carbocycles. The second-order valence-electron chi connectivity index (χ2n) is 2.84. The van der Waals surface area contributed by atoms with Gasteiger partial charge in [0.05, 0.1) is 21.3 Å². The molecule has 0 aliphatic rings. The molecule has 0 N–H and O–H groups in total. The minimum atomic E-state index is 0.640. The summed E-state index contributed by atoms with van der Waals surface area (Å²) in [7, 11) is 5.54. The van der Waals surface area contributed by atoms with Crippen molar-refractivity contribution in [1.29, 1.82) is 0 Å². The lowest BCUT2D eigenvalue weighted by atomic mass is 10.2. The Bertz CT molecular complexity index is 305. The zero-order chi connectivity index (χ0) is 11.3. The lowest BCUT2D eigenvalue weighted by molar-refractivity contribution is 0.324. The summed E-state index contributed by atoms with van der Waals surface area (Å²) in [6.07, 6.45) is 0.955. The first-order chi connectivity index (χ1) is 7.26. The highest BCUT2D eigenvalue weighted by Gasteiger charge is 2.12. The maximum Gasteiger partial charge on any atom is 0.203 e. The molecule has 1 aromatic carbocycles. The van der Waals surface area contributed by atoms with Crippen molar-refractivity contribution in [3.05, 3.63) is 17.7 Å². The van der Waals surface area contributed by atoms with Crippen LogP contribution in [0.25, 0.3) is 0 Å². The molecular weight excluding hydrogens is 279 g/mol. The van der Waals surface area contributed by atoms with Gasteiger partial charge in [-0.15, -0.1) is 0 Å². The Morgan fingerprint density at radius 2 is 1.60 bits per heavy atom. The normalized spacial score (nSPS) is 10.7. The maximum absolute atomic E-state index is 5.25. The van der Waals surface area contributed by atoms with Crippen molar-refractivity contribution < 1.29 is 14.2 Å². The van der Waals surface area contributed by atoms with E-state index < -0.39 is 0 Å². The van der Waals surface area contributed by atoms with E-state index in [1.54, 1.807) is 21.3 Å². The zero-order valence-electron chi connectivity index (χ0n) is 8.96. The fourth-order valence-electron chi connectivity index (χ4n) is 1.31. The van der Waals surface area contributed by atoms with Gasteiger partial charge in [0.25, 0.3) is 0 Å². The molecule has 1 aromatic rings. The number of halogens is 1. The first-order valence-corrected chi connectivity index (χ1v) is 7.85. The lowest BCUT2D eigenvalue weighted by Crippen LogP contribution is -1.96. The van der Waals surface area contributed by atoms with Crippen LogP contribution in [0.5, 0.6) is 17.2 Å². The summed E-state index contributed by atoms with van der Waals surface area (Å²) in [5, 5.41) is 0. The van der Waals surface area contributed by atoms with E-state index in [1.807, 2.05) is 12.1 Å². The molecule has 0 aliphatic heterocycles. The van der Waals surface area contributed by atoms with Crippen LogP contribution in [-0.2, 0) is 6.16 Å². The minimum Gasteiger partial charge on any atom is -0.493 e. The van der Waals surface area contributed by atoms with Gasteiger partial charge in [0.15, 0.2) is 11.5 Å². The minimum absolute atomic E-state index is 0.640. The van der Waals surface area contributed by atoms with Crippen LogP contribution in [0.1, 0.15) is 5.56 Å². The third kappa shape index (κ3) is 2.99. The first kappa shape index (κ1) is 12.6. The summed E-state index contributed by atoms with van der Waals surface area (Å²) in [5.41, 5.74) is 1.17. The Morgan fingerprint density at radius 3 is 1.93 bits per heavy atom. The molecule has 15 heavy (non-hydrogen) atoms. The quantitative estimate of drug-likeness (QED) is 0.780. The highest BCUT2D eigenvalue weighted by molar-refractivity contribution is 9.36. The van der Waals surface area contributed by atoms with E-state index in [9.17, 15) is 0 Å². The number of methoxy groups -OCH3 is 3. The maximum atomic E-state index is 5.25. The summed E-state index contributed by atoms with van der Waals surface area (Å²) in [4.78, 5) is 0. The monoisotopic (exact) mass is 292 g/mol. The van der Waals surface area contributed by atoms with Gasteiger partial charge in [-0.2, -0.15) is 0 Å². The van der Waals surface area contributed by atoms with Gasteiger partial charge in [0.2, 0.25) is 5.75 Å². The predicted molar refractivity (Wildman–Crippen MR) is 67.0 cm³/mol. The highest BCUT2D eigenvalue weighted by atomic mass is 79.9. The van der Waals surface area contributed by atoms with E-state index >= 15 is 0 Å². The number of benzene rings is 1. The largest absolute Gasteiger partial charge is 0.493 e. The van der Waals surface area contributed by atoms with Gasteiger partial charge in [0, 0.05) is 6.16 Å². The van der Waals surface area contributed by atoms with Crippen LogP contribution < -0.4 is 14.2 Å². The molecule has 3 nitrogen and oxygen atoms in total. The molecule has 1 atom stereocenters. The first-order valence-electron chi connectivity index (χ1n) is 4.39. The lowest BCUT2D eigenvalue weighted by Gasteiger charge is -2.13. The molecule has 0 bridgehead atoms. The fourth-order valence-corrected chi connectivity index (χ4v) is 2.64. The van der Waals surface area contributed by atoms with Crippen molar-refractivity contribution >= 4 is 22.8 Å². The van der Waals surface area contributed by atoms with Crippen molar-refractivity contribution in [3.63, 3.8) is 0 Å². The molecule has 5 heteroatoms. The summed E-state index contributed by atoms with van der Waals surface area (Å²) < 4.78 is 15.7. The standard InChI is InChI=1S/C10H14BrO3P/c1-12-8-4-7(6-15-11)5-9(13-2)10(8)14-3/h4-5,15H,6H2,1-3H3. The molecule has 1 unspecified atom stereocenters. The molecular formula is C10H14BrO3P. The predicted octanol–water partition coefficient (Wildman–Crippen LogP) is 3.20. The number of rotatable bonds is 5. The van der Waals surface area contributed by atoms with Crippen LogP contribution in [0.3, 0.4) is 0 Å². The van der Waals surface area contributed by atoms with Crippen molar-refractivity contribution in [2.45, 2.75) is 6.16 Å². The van der Waals surface area contributed by atoms with Crippen LogP contribution in [0.4, 0.5) is 0 Å². The molecule has 0 aliphatic carbocycles. The number of ether oxygens (including phenoxy) is 3. The Hall–Kier alpha value is -0.470. The fraction of sp³-hybridized carbons (Fsp3) is 0.400. The van der Waals surface area contributed by atoms with Crippen molar-refractivity contribution in [2.75, 3.05) is 21.3 Å². The number of hydrogen-bond acceptors (Lipinski definition) is 3. The molecule has 84 valence electrons. The Morgan fingerprint density at radius 1 is 1.07 bits per heavy atom. The van der Waals surface area contributed by atoms with Gasteiger partial charge >= 0.3 is 0 Å². The SMILES string of the molecule is COc1cc(CPBr)cc(OC)c1OC. The third-order valence-electron chi connectivity index (χ3n) is 2.00. The van der Waals surface area contributed by atoms with Crippen LogP contribution in [-0.4, -0.2) is 21.3 Å². The second-order valence-corrected chi connectivity index (χ2v) is 5.15. The molecule has 0 spiro atoms. The Balaban J connectivity index is 3.16. The van der Waals surface area contributed by atoms with Gasteiger partial charge in [-0.25, -0.2) is 0 Å². The Labute approximate surface area is 99.6 Å². The summed E-state index contributed by atoms with van der Waals surface area (Å²) in [6.45, 7) is 0. The van der Waals surface area contributed by atoms with Gasteiger partial charge in [0.1, 0.15) is 0 Å². The topological polar surface area (TPSA) is 27.7 Å². The van der Waals surface area contributed by atoms with Crippen LogP contribution in [0.2, 0.25) is 0 Å². The van der Waals surface area contributed by atoms with E-state index in [0.29, 0.717) is 24.5 Å². The smallest absolute Gasteiger partial charge is 0.203 e. The van der Waals surface area contributed by atoms with Crippen molar-refractivity contribution in [1.82, 2.24) is 0 Å². The van der Waals surface area contributed by atoms with E-state index in [-0.39, 0.29) is 0 Å². The van der Waals surface area contributed by atoms with Crippen LogP contribution in [0, 0.1) is 0 Å². The van der Waals surface area contributed by atoms with Crippen molar-refractivity contribution in [2.24, 2.45) is 0 Å². The molecule has 1 rings (SSSR count). The zero-order valence-corrected chi connectivity index (χ0v) is 11.6. The molecule has 0 radical (unpaired) electrons. The van der Waals surface area contributed by atoms with E-state index in [1.165, 1.54) is 5.56 Å². The molecule has 0 aromatic heterocycles. The van der Waals surface area contributed by atoms with Crippen molar-refractivity contribution in [3.8, 4) is 17.2 Å². The van der Waals surface area contributed by atoms with Gasteiger partial charge < -0.3 is 14.2 Å². The van der Waals surface area contributed by atoms with Gasteiger partial charge in [-0.1, -0.05) is 15.5 Å². The second kappa shape index (κ2) is 6.19. The number of hydrogen-bond donors (Lipinski definition) is 0. The van der Waals surface area contributed by atoms with Crippen LogP contribution in [0.15, 0.2) is 12.1 Å². The summed E-state index contributed by atoms with van der Waals surface area (Å²) >= 11 is 3.43. The molecule has 0 amide bonds. The van der Waals surface area contributed by atoms with E-state index in [4.69, 9.17) is 14.2 Å².